The summed E-state index contributed by atoms with van der Waals surface area (Å²) in [7, 11) is -3.66. The Hall–Kier alpha value is -1.18. The predicted octanol–water partition coefficient (Wildman–Crippen LogP) is 0.978. The zero-order valence-corrected chi connectivity index (χ0v) is 12.7. The molecule has 6 nitrogen and oxygen atoms in total. The summed E-state index contributed by atoms with van der Waals surface area (Å²) >= 11 is 5.87. The Labute approximate surface area is 123 Å². The van der Waals surface area contributed by atoms with E-state index in [4.69, 9.17) is 11.6 Å². The van der Waals surface area contributed by atoms with Crippen molar-refractivity contribution in [3.05, 3.63) is 23.5 Å². The van der Waals surface area contributed by atoms with Gasteiger partial charge in [0.25, 0.3) is 0 Å². The van der Waals surface area contributed by atoms with E-state index in [-0.39, 0.29) is 22.5 Å². The van der Waals surface area contributed by atoms with E-state index in [1.165, 1.54) is 23.5 Å². The number of rotatable bonds is 2. The minimum atomic E-state index is -3.66. The first-order valence-corrected chi connectivity index (χ1v) is 8.11. The van der Waals surface area contributed by atoms with Gasteiger partial charge in [0.2, 0.25) is 15.9 Å². The van der Waals surface area contributed by atoms with E-state index < -0.39 is 10.0 Å². The van der Waals surface area contributed by atoms with Gasteiger partial charge in [-0.3, -0.25) is 4.79 Å². The van der Waals surface area contributed by atoms with Crippen molar-refractivity contribution in [1.29, 1.82) is 0 Å². The van der Waals surface area contributed by atoms with Crippen molar-refractivity contribution in [2.75, 3.05) is 26.2 Å². The molecule has 0 N–H and O–H groups in total. The van der Waals surface area contributed by atoms with Crippen LogP contribution in [0.5, 0.6) is 0 Å². The van der Waals surface area contributed by atoms with Crippen molar-refractivity contribution in [2.45, 2.75) is 18.2 Å². The molecule has 8 heteroatoms. The molecule has 0 atom stereocenters. The largest absolute Gasteiger partial charge is 0.342 e. The lowest BCUT2D eigenvalue weighted by molar-refractivity contribution is -0.128. The number of hydrogen-bond donors (Lipinski definition) is 0. The van der Waals surface area contributed by atoms with Crippen LogP contribution in [0.2, 0.25) is 5.15 Å². The van der Waals surface area contributed by atoms with Crippen LogP contribution in [-0.4, -0.2) is 54.7 Å². The fraction of sp³-hybridized carbons (Fsp3) is 0.500. The average Bonchev–Trinajstić information content (AvgIpc) is 2.65. The van der Waals surface area contributed by atoms with Gasteiger partial charge >= 0.3 is 0 Å². The quantitative estimate of drug-likeness (QED) is 0.762. The lowest BCUT2D eigenvalue weighted by Gasteiger charge is -2.21. The summed E-state index contributed by atoms with van der Waals surface area (Å²) in [5.74, 6) is -0.0383. The minimum absolute atomic E-state index is 0.0120. The molecule has 0 radical (unpaired) electrons. The van der Waals surface area contributed by atoms with Crippen LogP contribution in [0.25, 0.3) is 0 Å². The number of aromatic nitrogens is 1. The predicted molar refractivity (Wildman–Crippen MR) is 74.9 cm³/mol. The normalized spacial score (nSPS) is 17.8. The van der Waals surface area contributed by atoms with Gasteiger partial charge < -0.3 is 4.90 Å². The molecule has 0 aromatic carbocycles. The van der Waals surface area contributed by atoms with Crippen LogP contribution in [0.4, 0.5) is 0 Å². The SMILES string of the molecule is CC(=O)N1CCCN(S(=O)(=O)c2cccnc2Cl)CC1. The molecule has 1 aromatic rings. The number of hydrogen-bond acceptors (Lipinski definition) is 4. The van der Waals surface area contributed by atoms with E-state index >= 15 is 0 Å². The minimum Gasteiger partial charge on any atom is -0.342 e. The molecule has 2 rings (SSSR count). The maximum Gasteiger partial charge on any atom is 0.246 e. The number of amides is 1. The van der Waals surface area contributed by atoms with E-state index in [1.54, 1.807) is 11.0 Å². The highest BCUT2D eigenvalue weighted by atomic mass is 35.5. The van der Waals surface area contributed by atoms with Crippen LogP contribution in [0.15, 0.2) is 23.2 Å². The molecule has 0 saturated carbocycles. The van der Waals surface area contributed by atoms with Crippen LogP contribution in [0.3, 0.4) is 0 Å². The van der Waals surface area contributed by atoms with Gasteiger partial charge in [-0.05, 0) is 18.6 Å². The Morgan fingerprint density at radius 3 is 2.70 bits per heavy atom. The first-order valence-electron chi connectivity index (χ1n) is 6.29. The summed E-state index contributed by atoms with van der Waals surface area (Å²) in [6.45, 7) is 3.10. The van der Waals surface area contributed by atoms with E-state index in [2.05, 4.69) is 4.98 Å². The standard InChI is InChI=1S/C12H16ClN3O3S/c1-10(17)15-6-3-7-16(9-8-15)20(18,19)11-4-2-5-14-12(11)13/h2,4-5H,3,6-9H2,1H3. The lowest BCUT2D eigenvalue weighted by Crippen LogP contribution is -2.36. The van der Waals surface area contributed by atoms with Crippen molar-refractivity contribution in [3.8, 4) is 0 Å². The number of nitrogens with zero attached hydrogens (tertiary/aromatic N) is 3. The third-order valence-corrected chi connectivity index (χ3v) is 5.59. The van der Waals surface area contributed by atoms with Crippen molar-refractivity contribution in [1.82, 2.24) is 14.2 Å². The van der Waals surface area contributed by atoms with Crippen LogP contribution in [0, 0.1) is 0 Å². The molecule has 1 amide bonds. The highest BCUT2D eigenvalue weighted by molar-refractivity contribution is 7.89. The summed E-state index contributed by atoms with van der Waals surface area (Å²) in [6, 6.07) is 2.98. The van der Waals surface area contributed by atoms with Crippen LogP contribution in [0.1, 0.15) is 13.3 Å². The third-order valence-electron chi connectivity index (χ3n) is 3.24. The average molecular weight is 318 g/mol. The Balaban J connectivity index is 2.23. The second-order valence-electron chi connectivity index (χ2n) is 4.56. The monoisotopic (exact) mass is 317 g/mol. The van der Waals surface area contributed by atoms with Gasteiger partial charge in [0.1, 0.15) is 10.0 Å². The smallest absolute Gasteiger partial charge is 0.246 e. The Kier molecular flexibility index (Phi) is 4.62. The number of carbonyl (C=O) groups excluding carboxylic acids is 1. The van der Waals surface area contributed by atoms with Gasteiger partial charge in [-0.25, -0.2) is 13.4 Å². The first-order chi connectivity index (χ1) is 9.43. The molecule has 1 fully saturated rings. The van der Waals surface area contributed by atoms with Gasteiger partial charge in [-0.1, -0.05) is 11.6 Å². The van der Waals surface area contributed by atoms with Gasteiger partial charge in [-0.2, -0.15) is 4.31 Å². The molecule has 20 heavy (non-hydrogen) atoms. The third kappa shape index (κ3) is 3.11. The number of halogens is 1. The number of carbonyl (C=O) groups is 1. The lowest BCUT2D eigenvalue weighted by atomic mass is 10.4. The summed E-state index contributed by atoms with van der Waals surface area (Å²) in [5.41, 5.74) is 0. The number of pyridine rings is 1. The summed E-state index contributed by atoms with van der Waals surface area (Å²) in [5, 5.41) is -0.0276. The molecule has 2 heterocycles. The van der Waals surface area contributed by atoms with Gasteiger partial charge in [0.05, 0.1) is 0 Å². The number of sulfonamides is 1. The van der Waals surface area contributed by atoms with E-state index in [1.807, 2.05) is 0 Å². The zero-order valence-electron chi connectivity index (χ0n) is 11.1. The van der Waals surface area contributed by atoms with Gasteiger partial charge in [-0.15, -0.1) is 0 Å². The maximum absolute atomic E-state index is 12.5. The van der Waals surface area contributed by atoms with Crippen molar-refractivity contribution >= 4 is 27.5 Å². The van der Waals surface area contributed by atoms with Gasteiger partial charge in [0.15, 0.2) is 0 Å². The van der Waals surface area contributed by atoms with Crippen molar-refractivity contribution in [3.63, 3.8) is 0 Å². The maximum atomic E-state index is 12.5. The molecule has 1 aliphatic heterocycles. The van der Waals surface area contributed by atoms with Crippen LogP contribution < -0.4 is 0 Å². The molecule has 1 aromatic heterocycles. The molecule has 0 spiro atoms. The van der Waals surface area contributed by atoms with Crippen molar-refractivity contribution < 1.29 is 13.2 Å². The summed E-state index contributed by atoms with van der Waals surface area (Å²) in [6.07, 6.45) is 2.05. The highest BCUT2D eigenvalue weighted by Gasteiger charge is 2.29. The van der Waals surface area contributed by atoms with Crippen molar-refractivity contribution in [2.24, 2.45) is 0 Å². The Morgan fingerprint density at radius 2 is 2.05 bits per heavy atom. The molecule has 0 aliphatic carbocycles. The fourth-order valence-corrected chi connectivity index (χ4v) is 4.05. The zero-order chi connectivity index (χ0) is 14.8. The molecular formula is C12H16ClN3O3S. The fourth-order valence-electron chi connectivity index (χ4n) is 2.15. The molecule has 0 bridgehead atoms. The Bertz CT molecular complexity index is 606. The Morgan fingerprint density at radius 1 is 1.30 bits per heavy atom. The van der Waals surface area contributed by atoms with E-state index in [0.717, 1.165) is 0 Å². The molecular weight excluding hydrogens is 302 g/mol. The highest BCUT2D eigenvalue weighted by Crippen LogP contribution is 2.23. The van der Waals surface area contributed by atoms with E-state index in [0.29, 0.717) is 26.1 Å². The second kappa shape index (κ2) is 6.07. The molecule has 0 unspecified atom stereocenters. The van der Waals surface area contributed by atoms with Gasteiger partial charge in [0, 0.05) is 39.3 Å². The molecule has 110 valence electrons. The topological polar surface area (TPSA) is 70.6 Å². The summed E-state index contributed by atoms with van der Waals surface area (Å²) < 4.78 is 26.4. The van der Waals surface area contributed by atoms with Crippen LogP contribution in [-0.2, 0) is 14.8 Å². The first kappa shape index (κ1) is 15.2. The summed E-state index contributed by atoms with van der Waals surface area (Å²) in [4.78, 5) is 16.8. The second-order valence-corrected chi connectivity index (χ2v) is 6.82. The van der Waals surface area contributed by atoms with Crippen LogP contribution >= 0.6 is 11.6 Å². The molecule has 1 aliphatic rings. The van der Waals surface area contributed by atoms with E-state index in [9.17, 15) is 13.2 Å². The molecule has 1 saturated heterocycles.